The molecule has 7 nitrogen and oxygen atoms in total. The zero-order chi connectivity index (χ0) is 26.1. The van der Waals surface area contributed by atoms with Gasteiger partial charge in [-0.05, 0) is 85.0 Å². The minimum absolute atomic E-state index is 0.0878. The number of anilines is 3. The number of hydrogen-bond acceptors (Lipinski definition) is 5. The second-order valence-corrected chi connectivity index (χ2v) is 10.2. The van der Waals surface area contributed by atoms with Crippen molar-refractivity contribution < 1.29 is 4.74 Å². The van der Waals surface area contributed by atoms with E-state index in [9.17, 15) is 0 Å². The van der Waals surface area contributed by atoms with Crippen molar-refractivity contribution in [3.05, 3.63) is 103 Å². The molecule has 2 fully saturated rings. The van der Waals surface area contributed by atoms with Crippen LogP contribution in [0, 0.1) is 0 Å². The zero-order valence-corrected chi connectivity index (χ0v) is 22.5. The number of ether oxygens (including phenoxy) is 1. The number of nitrogens with zero attached hydrogens (tertiary/aromatic N) is 5. The summed E-state index contributed by atoms with van der Waals surface area (Å²) in [5.74, 6) is 0. The first-order valence-corrected chi connectivity index (χ1v) is 13.4. The van der Waals surface area contributed by atoms with Crippen molar-refractivity contribution in [3.8, 4) is 5.69 Å². The second kappa shape index (κ2) is 10.5. The zero-order valence-electron chi connectivity index (χ0n) is 21.7. The summed E-state index contributed by atoms with van der Waals surface area (Å²) in [5.41, 5.74) is 6.64. The molecule has 2 aliphatic heterocycles. The van der Waals surface area contributed by atoms with Gasteiger partial charge in [-0.3, -0.25) is 4.98 Å². The molecule has 0 saturated carbocycles. The molecule has 2 aromatic carbocycles. The van der Waals surface area contributed by atoms with E-state index in [0.717, 1.165) is 49.1 Å². The van der Waals surface area contributed by atoms with Gasteiger partial charge < -0.3 is 29.3 Å². The van der Waals surface area contributed by atoms with Gasteiger partial charge in [-0.1, -0.05) is 6.07 Å². The minimum atomic E-state index is -0.0997. The molecule has 0 aliphatic carbocycles. The fourth-order valence-corrected chi connectivity index (χ4v) is 5.71. The first-order chi connectivity index (χ1) is 18.6. The van der Waals surface area contributed by atoms with Crippen LogP contribution in [0.2, 0.25) is 0 Å². The smallest absolute Gasteiger partial charge is 0.174 e. The fraction of sp³-hybridized carbons (Fsp3) is 0.267. The second-order valence-electron chi connectivity index (χ2n) is 9.83. The van der Waals surface area contributed by atoms with Crippen LogP contribution in [0.25, 0.3) is 5.69 Å². The number of morpholine rings is 1. The van der Waals surface area contributed by atoms with Crippen molar-refractivity contribution in [2.24, 2.45) is 0 Å². The van der Waals surface area contributed by atoms with Gasteiger partial charge in [0, 0.05) is 68.0 Å². The van der Waals surface area contributed by atoms with Crippen LogP contribution in [0.5, 0.6) is 0 Å². The van der Waals surface area contributed by atoms with Crippen LogP contribution < -0.4 is 20.0 Å². The van der Waals surface area contributed by atoms with Gasteiger partial charge in [0.05, 0.1) is 24.9 Å². The van der Waals surface area contributed by atoms with Crippen LogP contribution in [-0.4, -0.2) is 55.1 Å². The molecule has 2 aromatic heterocycles. The van der Waals surface area contributed by atoms with Crippen LogP contribution in [0.15, 0.2) is 91.3 Å². The summed E-state index contributed by atoms with van der Waals surface area (Å²) in [6, 6.07) is 27.5. The monoisotopic (exact) mass is 524 g/mol. The van der Waals surface area contributed by atoms with E-state index < -0.39 is 0 Å². The SMILES string of the molecule is CN(C)c1ccc(-n2cccc2C2C(c3ccccn3)NC(=S)N2c2ccc(N3CCOCC3)cc2)cc1. The van der Waals surface area contributed by atoms with Crippen LogP contribution in [0.3, 0.4) is 0 Å². The van der Waals surface area contributed by atoms with Crippen LogP contribution in [0.1, 0.15) is 23.5 Å². The quantitative estimate of drug-likeness (QED) is 0.358. The van der Waals surface area contributed by atoms with E-state index in [4.69, 9.17) is 21.9 Å². The van der Waals surface area contributed by atoms with Crippen LogP contribution >= 0.6 is 12.2 Å². The molecule has 4 heterocycles. The lowest BCUT2D eigenvalue weighted by atomic mass is 10.0. The Bertz CT molecular complexity index is 1380. The summed E-state index contributed by atoms with van der Waals surface area (Å²) in [6.07, 6.45) is 3.96. The molecule has 2 unspecified atom stereocenters. The van der Waals surface area contributed by atoms with Gasteiger partial charge in [-0.25, -0.2) is 0 Å². The maximum absolute atomic E-state index is 5.96. The molecule has 194 valence electrons. The van der Waals surface area contributed by atoms with Crippen molar-refractivity contribution in [1.82, 2.24) is 14.9 Å². The van der Waals surface area contributed by atoms with E-state index in [1.807, 2.05) is 18.3 Å². The number of rotatable bonds is 6. The number of hydrogen-bond donors (Lipinski definition) is 1. The van der Waals surface area contributed by atoms with Gasteiger partial charge in [0.1, 0.15) is 6.04 Å². The Labute approximate surface area is 229 Å². The van der Waals surface area contributed by atoms with Crippen molar-refractivity contribution in [2.45, 2.75) is 12.1 Å². The summed E-state index contributed by atoms with van der Waals surface area (Å²) in [5, 5.41) is 4.28. The molecule has 2 saturated heterocycles. The van der Waals surface area contributed by atoms with Crippen molar-refractivity contribution in [3.63, 3.8) is 0 Å². The molecule has 2 aliphatic rings. The lowest BCUT2D eigenvalue weighted by Gasteiger charge is -2.31. The normalized spacial score (nSPS) is 19.5. The first kappa shape index (κ1) is 24.5. The standard InChI is InChI=1S/C30H32N6OS/c1-33(2)22-8-12-24(13-9-22)35-17-5-7-27(35)29-28(26-6-3-4-16-31-26)32-30(38)36(29)25-14-10-23(11-15-25)34-18-20-37-21-19-34/h3-17,28-29H,18-21H2,1-2H3,(H,32,38). The summed E-state index contributed by atoms with van der Waals surface area (Å²) in [6.45, 7) is 3.35. The average molecular weight is 525 g/mol. The van der Waals surface area contributed by atoms with Crippen LogP contribution in [0.4, 0.5) is 17.1 Å². The van der Waals surface area contributed by atoms with E-state index in [0.29, 0.717) is 5.11 Å². The Morgan fingerprint density at radius 1 is 0.868 bits per heavy atom. The minimum Gasteiger partial charge on any atom is -0.378 e. The van der Waals surface area contributed by atoms with E-state index in [1.54, 1.807) is 0 Å². The highest BCUT2D eigenvalue weighted by Gasteiger charge is 2.42. The Hall–Kier alpha value is -3.88. The largest absolute Gasteiger partial charge is 0.378 e. The van der Waals surface area contributed by atoms with E-state index in [1.165, 1.54) is 11.4 Å². The molecular weight excluding hydrogens is 492 g/mol. The van der Waals surface area contributed by atoms with Gasteiger partial charge in [0.15, 0.2) is 5.11 Å². The number of benzene rings is 2. The number of nitrogens with one attached hydrogen (secondary N) is 1. The third-order valence-electron chi connectivity index (χ3n) is 7.33. The summed E-state index contributed by atoms with van der Waals surface area (Å²) < 4.78 is 7.78. The maximum atomic E-state index is 5.96. The molecule has 0 amide bonds. The van der Waals surface area contributed by atoms with E-state index >= 15 is 0 Å². The Morgan fingerprint density at radius 3 is 2.26 bits per heavy atom. The van der Waals surface area contributed by atoms with Crippen LogP contribution in [-0.2, 0) is 4.74 Å². The molecule has 0 bridgehead atoms. The van der Waals surface area contributed by atoms with Gasteiger partial charge in [0.2, 0.25) is 0 Å². The van der Waals surface area contributed by atoms with Gasteiger partial charge in [-0.15, -0.1) is 0 Å². The third-order valence-corrected chi connectivity index (χ3v) is 7.64. The van der Waals surface area contributed by atoms with E-state index in [2.05, 4.69) is 112 Å². The summed E-state index contributed by atoms with van der Waals surface area (Å²) in [7, 11) is 4.11. The molecule has 0 spiro atoms. The van der Waals surface area contributed by atoms with Gasteiger partial charge in [-0.2, -0.15) is 0 Å². The van der Waals surface area contributed by atoms with Gasteiger partial charge >= 0.3 is 0 Å². The highest BCUT2D eigenvalue weighted by atomic mass is 32.1. The lowest BCUT2D eigenvalue weighted by Crippen LogP contribution is -2.36. The summed E-state index contributed by atoms with van der Waals surface area (Å²) in [4.78, 5) is 11.4. The first-order valence-electron chi connectivity index (χ1n) is 13.0. The van der Waals surface area contributed by atoms with Gasteiger partial charge in [0.25, 0.3) is 0 Å². The summed E-state index contributed by atoms with van der Waals surface area (Å²) >= 11 is 5.96. The number of pyridine rings is 1. The molecule has 38 heavy (non-hydrogen) atoms. The Kier molecular flexibility index (Phi) is 6.74. The molecule has 0 radical (unpaired) electrons. The topological polar surface area (TPSA) is 48.8 Å². The molecule has 1 N–H and O–H groups in total. The highest BCUT2D eigenvalue weighted by molar-refractivity contribution is 7.80. The van der Waals surface area contributed by atoms with E-state index in [-0.39, 0.29) is 12.1 Å². The highest BCUT2D eigenvalue weighted by Crippen LogP contribution is 2.42. The lowest BCUT2D eigenvalue weighted by molar-refractivity contribution is 0.122. The van der Waals surface area contributed by atoms with Crippen molar-refractivity contribution in [2.75, 3.05) is 55.1 Å². The predicted molar refractivity (Wildman–Crippen MR) is 158 cm³/mol. The van der Waals surface area contributed by atoms with Crippen molar-refractivity contribution >= 4 is 34.4 Å². The number of thiocarbonyl (C=S) groups is 1. The maximum Gasteiger partial charge on any atom is 0.174 e. The third kappa shape index (κ3) is 4.61. The Morgan fingerprint density at radius 2 is 1.58 bits per heavy atom. The molecule has 8 heteroatoms. The molecular formula is C30H32N6OS. The number of aromatic nitrogens is 2. The predicted octanol–water partition coefficient (Wildman–Crippen LogP) is 4.95. The molecule has 4 aromatic rings. The Balaban J connectivity index is 1.40. The fourth-order valence-electron chi connectivity index (χ4n) is 5.36. The average Bonchev–Trinajstić information content (AvgIpc) is 3.58. The molecule has 6 rings (SSSR count). The van der Waals surface area contributed by atoms with Crippen molar-refractivity contribution in [1.29, 1.82) is 0 Å². The molecule has 2 atom stereocenters.